The number of hydrogen-bond acceptors (Lipinski definition) is 8. The van der Waals surface area contributed by atoms with E-state index in [1.165, 1.54) is 6.33 Å². The molecule has 0 radical (unpaired) electrons. The van der Waals surface area contributed by atoms with E-state index in [0.717, 1.165) is 10.9 Å². The van der Waals surface area contributed by atoms with Crippen LogP contribution in [-0.4, -0.2) is 63.8 Å². The van der Waals surface area contributed by atoms with Gasteiger partial charge in [0.25, 0.3) is 0 Å². The number of nitrogens with zero attached hydrogens (tertiary/aromatic N) is 3. The number of rotatable bonds is 7. The highest BCUT2D eigenvalue weighted by atomic mass is 32.2. The van der Waals surface area contributed by atoms with E-state index in [9.17, 15) is 4.21 Å². The first-order valence-corrected chi connectivity index (χ1v) is 11.8. The number of aromatic nitrogens is 3. The minimum absolute atomic E-state index is 0.148. The van der Waals surface area contributed by atoms with E-state index in [2.05, 4.69) is 30.9 Å². The molecule has 3 atom stereocenters. The number of fused-ring (bicyclic) bond motifs is 1. The molecule has 0 bridgehead atoms. The van der Waals surface area contributed by atoms with Crippen molar-refractivity contribution in [3.8, 4) is 5.88 Å². The third-order valence-electron chi connectivity index (χ3n) is 4.84. The molecule has 1 aromatic carbocycles. The molecule has 164 valence electrons. The number of pyridine rings is 1. The summed E-state index contributed by atoms with van der Waals surface area (Å²) < 4.78 is 31.9. The zero-order valence-electron chi connectivity index (χ0n) is 17.6. The third-order valence-corrected chi connectivity index (χ3v) is 5.51. The van der Waals surface area contributed by atoms with Crippen LogP contribution in [0.4, 0.5) is 17.2 Å². The predicted molar refractivity (Wildman–Crippen MR) is 123 cm³/mol. The Morgan fingerprint density at radius 1 is 1.23 bits per heavy atom. The summed E-state index contributed by atoms with van der Waals surface area (Å²) in [7, 11) is -0.763. The highest BCUT2D eigenvalue weighted by molar-refractivity contribution is 8.00. The first kappa shape index (κ1) is 21.3. The van der Waals surface area contributed by atoms with Gasteiger partial charge in [-0.15, -0.1) is 0 Å². The summed E-state index contributed by atoms with van der Waals surface area (Å²) in [5.41, 5.74) is 2.98. The fraction of sp³-hybridized carbons (Fsp3) is 0.333. The van der Waals surface area contributed by atoms with Gasteiger partial charge in [-0.1, -0.05) is 0 Å². The highest BCUT2D eigenvalue weighted by Crippen LogP contribution is 2.32. The van der Waals surface area contributed by atoms with Crippen molar-refractivity contribution in [3.05, 3.63) is 42.4 Å². The second kappa shape index (κ2) is 8.66. The summed E-state index contributed by atoms with van der Waals surface area (Å²) >= 11 is 0. The van der Waals surface area contributed by atoms with Crippen LogP contribution in [0.3, 0.4) is 0 Å². The number of nitrogens with one attached hydrogen (secondary N) is 2. The largest absolute Gasteiger partial charge is 0.468 e. The van der Waals surface area contributed by atoms with Crippen LogP contribution in [-0.2, 0) is 19.2 Å². The highest BCUT2D eigenvalue weighted by Gasteiger charge is 2.31. The van der Waals surface area contributed by atoms with Crippen LogP contribution >= 0.6 is 0 Å². The number of aryl methyl sites for hydroxylation is 1. The molecule has 0 aliphatic carbocycles. The Kier molecular flexibility index (Phi) is 5.94. The summed E-state index contributed by atoms with van der Waals surface area (Å²) in [5, 5.41) is 4.16. The van der Waals surface area contributed by atoms with E-state index in [4.69, 9.17) is 14.2 Å². The van der Waals surface area contributed by atoms with E-state index in [-0.39, 0.29) is 12.2 Å². The molecular formula is C21H25N5O4S. The van der Waals surface area contributed by atoms with Gasteiger partial charge >= 0.3 is 0 Å². The molecule has 2 aromatic heterocycles. The Bertz CT molecular complexity index is 1200. The van der Waals surface area contributed by atoms with Gasteiger partial charge in [-0.2, -0.15) is 0 Å². The van der Waals surface area contributed by atoms with Gasteiger partial charge < -0.3 is 24.2 Å². The van der Waals surface area contributed by atoms with Crippen molar-refractivity contribution in [1.29, 1.82) is 0 Å². The first-order valence-electron chi connectivity index (χ1n) is 9.68. The minimum atomic E-state index is -2.40. The van der Waals surface area contributed by atoms with Crippen molar-refractivity contribution in [1.82, 2.24) is 15.0 Å². The van der Waals surface area contributed by atoms with Crippen molar-refractivity contribution in [2.75, 3.05) is 36.6 Å². The van der Waals surface area contributed by atoms with Crippen LogP contribution in [0.15, 0.2) is 36.8 Å². The maximum atomic E-state index is 12.0. The fourth-order valence-electron chi connectivity index (χ4n) is 3.49. The predicted octanol–water partition coefficient (Wildman–Crippen LogP) is 2.54. The van der Waals surface area contributed by atoms with E-state index in [0.29, 0.717) is 41.8 Å². The van der Waals surface area contributed by atoms with E-state index in [1.807, 2.05) is 31.2 Å². The zero-order chi connectivity index (χ0) is 22.0. The van der Waals surface area contributed by atoms with Gasteiger partial charge in [0.1, 0.15) is 23.9 Å². The Morgan fingerprint density at radius 3 is 2.81 bits per heavy atom. The van der Waals surface area contributed by atoms with Crippen LogP contribution in [0.1, 0.15) is 5.56 Å². The maximum Gasteiger partial charge on any atom is 0.238 e. The van der Waals surface area contributed by atoms with Gasteiger partial charge in [0.05, 0.1) is 18.7 Å². The molecule has 3 heterocycles. The van der Waals surface area contributed by atoms with Crippen LogP contribution in [0.25, 0.3) is 10.9 Å². The number of anilines is 3. The zero-order valence-corrected chi connectivity index (χ0v) is 18.4. The van der Waals surface area contributed by atoms with Gasteiger partial charge in [-0.05, 0) is 42.6 Å². The first-order chi connectivity index (χ1) is 14.8. The molecule has 1 aliphatic rings. The van der Waals surface area contributed by atoms with Crippen LogP contribution < -0.4 is 14.8 Å². The lowest BCUT2D eigenvalue weighted by atomic mass is 10.1. The number of benzene rings is 1. The van der Waals surface area contributed by atoms with Crippen LogP contribution in [0, 0.1) is 6.92 Å². The maximum absolute atomic E-state index is 12.0. The monoisotopic (exact) mass is 443 g/mol. The van der Waals surface area contributed by atoms with E-state index < -0.39 is 9.71 Å². The molecule has 9 nitrogen and oxygen atoms in total. The number of methoxy groups -OCH3 is 1. The van der Waals surface area contributed by atoms with Gasteiger partial charge in [0.2, 0.25) is 5.88 Å². The fourth-order valence-corrected chi connectivity index (χ4v) is 4.11. The van der Waals surface area contributed by atoms with Crippen LogP contribution in [0.5, 0.6) is 5.88 Å². The van der Waals surface area contributed by atoms with Gasteiger partial charge in [0.15, 0.2) is 6.10 Å². The van der Waals surface area contributed by atoms with Crippen molar-refractivity contribution in [3.63, 3.8) is 0 Å². The standard InChI is InChI=1S/C21H25N5O4S/c1-13-8-14(26-31(3,4)27)9-16-19(13)20(24-12-23-16)25-15-6-5-7-22-21(15)30-18-11-29-10-17(18)28-2/h5-9,12,17-18H,3,10-11H2,1-2,4H3,(H,26,27)(H,23,24,25). The number of hydrogen-bond donors (Lipinski definition) is 2. The molecule has 1 saturated heterocycles. The smallest absolute Gasteiger partial charge is 0.238 e. The third kappa shape index (κ3) is 4.87. The Morgan fingerprint density at radius 2 is 2.03 bits per heavy atom. The lowest BCUT2D eigenvalue weighted by molar-refractivity contribution is 0.0311. The Balaban J connectivity index is 1.66. The SMILES string of the molecule is C=S(C)(=O)Nc1cc(C)c2c(Nc3cccnc3OC3COCC3OC)ncnc2c1. The quantitative estimate of drug-likeness (QED) is 0.537. The molecule has 2 N–H and O–H groups in total. The Labute approximate surface area is 181 Å². The van der Waals surface area contributed by atoms with Gasteiger partial charge in [0, 0.05) is 40.3 Å². The van der Waals surface area contributed by atoms with Crippen molar-refractivity contribution in [2.24, 2.45) is 0 Å². The summed E-state index contributed by atoms with van der Waals surface area (Å²) in [6.45, 7) is 2.87. The second-order valence-electron chi connectivity index (χ2n) is 7.47. The van der Waals surface area contributed by atoms with E-state index in [1.54, 1.807) is 19.6 Å². The molecule has 0 spiro atoms. The van der Waals surface area contributed by atoms with Crippen molar-refractivity contribution < 1.29 is 18.4 Å². The summed E-state index contributed by atoms with van der Waals surface area (Å²) in [4.78, 5) is 13.2. The molecule has 0 saturated carbocycles. The van der Waals surface area contributed by atoms with E-state index >= 15 is 0 Å². The molecule has 31 heavy (non-hydrogen) atoms. The van der Waals surface area contributed by atoms with Gasteiger partial charge in [-0.3, -0.25) is 0 Å². The Hall–Kier alpha value is -2.95. The molecule has 0 amide bonds. The van der Waals surface area contributed by atoms with Crippen molar-refractivity contribution >= 4 is 43.7 Å². The normalized spacial score (nSPS) is 20.4. The molecular weight excluding hydrogens is 418 g/mol. The van der Waals surface area contributed by atoms with Crippen LogP contribution in [0.2, 0.25) is 0 Å². The molecule has 10 heteroatoms. The summed E-state index contributed by atoms with van der Waals surface area (Å²) in [6, 6.07) is 7.40. The second-order valence-corrected chi connectivity index (χ2v) is 9.68. The van der Waals surface area contributed by atoms with Gasteiger partial charge in [-0.25, -0.2) is 19.2 Å². The molecule has 3 aromatic rings. The van der Waals surface area contributed by atoms with Crippen molar-refractivity contribution in [2.45, 2.75) is 19.1 Å². The topological polar surface area (TPSA) is 107 Å². The summed E-state index contributed by atoms with van der Waals surface area (Å²) in [5.74, 6) is 4.70. The molecule has 3 unspecified atom stereocenters. The molecule has 1 aliphatic heterocycles. The molecule has 1 fully saturated rings. The average Bonchev–Trinajstić information content (AvgIpc) is 3.15. The summed E-state index contributed by atoms with van der Waals surface area (Å²) in [6.07, 6.45) is 4.30. The average molecular weight is 444 g/mol. The molecule has 4 rings (SSSR count). The minimum Gasteiger partial charge on any atom is -0.468 e. The lowest BCUT2D eigenvalue weighted by Crippen LogP contribution is -2.32. The number of ether oxygens (including phenoxy) is 3. The lowest BCUT2D eigenvalue weighted by Gasteiger charge is -2.20.